The lowest BCUT2D eigenvalue weighted by Gasteiger charge is -2.24. The maximum absolute atomic E-state index is 12.6. The molecule has 0 heterocycles. The Morgan fingerprint density at radius 1 is 0.947 bits per heavy atom. The van der Waals surface area contributed by atoms with Crippen molar-refractivity contribution in [1.82, 2.24) is 0 Å². The first kappa shape index (κ1) is 13.3. The van der Waals surface area contributed by atoms with Crippen molar-refractivity contribution in [3.63, 3.8) is 0 Å². The van der Waals surface area contributed by atoms with Crippen molar-refractivity contribution < 1.29 is 4.79 Å². The van der Waals surface area contributed by atoms with Crippen LogP contribution in [0.3, 0.4) is 0 Å². The molecule has 1 amide bonds. The highest BCUT2D eigenvalue weighted by Gasteiger charge is 2.18. The third-order valence-electron chi connectivity index (χ3n) is 2.88. The predicted molar refractivity (Wildman–Crippen MR) is 79.4 cm³/mol. The number of para-hydroxylation sites is 1. The molecule has 0 atom stereocenters. The van der Waals surface area contributed by atoms with Crippen LogP contribution in [-0.4, -0.2) is 12.5 Å². The zero-order valence-electron chi connectivity index (χ0n) is 11.4. The van der Waals surface area contributed by atoms with E-state index >= 15 is 0 Å². The minimum absolute atomic E-state index is 0.0560. The quantitative estimate of drug-likeness (QED) is 0.806. The van der Waals surface area contributed by atoms with E-state index in [2.05, 4.69) is 13.8 Å². The van der Waals surface area contributed by atoms with Crippen molar-refractivity contribution in [2.45, 2.75) is 13.8 Å². The van der Waals surface area contributed by atoms with Gasteiger partial charge in [0.25, 0.3) is 5.91 Å². The molecule has 0 fully saturated rings. The van der Waals surface area contributed by atoms with Crippen LogP contribution in [0.15, 0.2) is 60.7 Å². The second-order valence-electron chi connectivity index (χ2n) is 5.01. The third-order valence-corrected chi connectivity index (χ3v) is 2.88. The van der Waals surface area contributed by atoms with E-state index in [0.717, 1.165) is 17.8 Å². The highest BCUT2D eigenvalue weighted by atomic mass is 16.2. The lowest BCUT2D eigenvalue weighted by atomic mass is 10.1. The SMILES string of the molecule is CC(C)CN(C(=O)c1ccccc1)c1ccccc1. The van der Waals surface area contributed by atoms with Gasteiger partial charge >= 0.3 is 0 Å². The molecule has 0 N–H and O–H groups in total. The Kier molecular flexibility index (Phi) is 4.35. The van der Waals surface area contributed by atoms with Crippen molar-refractivity contribution >= 4 is 11.6 Å². The molecule has 0 spiro atoms. The monoisotopic (exact) mass is 253 g/mol. The molecule has 0 unspecified atom stereocenters. The molecule has 0 saturated carbocycles. The molecule has 0 aromatic heterocycles. The van der Waals surface area contributed by atoms with Gasteiger partial charge in [-0.3, -0.25) is 4.79 Å². The molecule has 98 valence electrons. The number of hydrogen-bond donors (Lipinski definition) is 0. The van der Waals surface area contributed by atoms with Crippen molar-refractivity contribution in [3.05, 3.63) is 66.2 Å². The van der Waals surface area contributed by atoms with Gasteiger partial charge in [0.2, 0.25) is 0 Å². The summed E-state index contributed by atoms with van der Waals surface area (Å²) in [5.41, 5.74) is 1.68. The molecule has 0 bridgehead atoms. The molecule has 2 heteroatoms. The zero-order chi connectivity index (χ0) is 13.7. The Labute approximate surface area is 114 Å². The minimum Gasteiger partial charge on any atom is -0.308 e. The smallest absolute Gasteiger partial charge is 0.258 e. The largest absolute Gasteiger partial charge is 0.308 e. The number of anilines is 1. The van der Waals surface area contributed by atoms with Crippen molar-refractivity contribution in [3.8, 4) is 0 Å². The van der Waals surface area contributed by atoms with Gasteiger partial charge < -0.3 is 4.90 Å². The van der Waals surface area contributed by atoms with Gasteiger partial charge in [-0.25, -0.2) is 0 Å². The first-order chi connectivity index (χ1) is 9.18. The second-order valence-corrected chi connectivity index (χ2v) is 5.01. The number of nitrogens with zero attached hydrogens (tertiary/aromatic N) is 1. The number of carbonyl (C=O) groups excluding carboxylic acids is 1. The van der Waals surface area contributed by atoms with Gasteiger partial charge in [0, 0.05) is 17.8 Å². The van der Waals surface area contributed by atoms with Crippen LogP contribution in [0.4, 0.5) is 5.69 Å². The van der Waals surface area contributed by atoms with Crippen LogP contribution in [-0.2, 0) is 0 Å². The fourth-order valence-electron chi connectivity index (χ4n) is 2.02. The van der Waals surface area contributed by atoms with Crippen LogP contribution in [0.25, 0.3) is 0 Å². The maximum atomic E-state index is 12.6. The fourth-order valence-corrected chi connectivity index (χ4v) is 2.02. The van der Waals surface area contributed by atoms with Crippen molar-refractivity contribution in [2.75, 3.05) is 11.4 Å². The van der Waals surface area contributed by atoms with E-state index in [1.807, 2.05) is 65.6 Å². The summed E-state index contributed by atoms with van der Waals surface area (Å²) in [4.78, 5) is 14.5. The average molecular weight is 253 g/mol. The highest BCUT2D eigenvalue weighted by molar-refractivity contribution is 6.06. The number of benzene rings is 2. The van der Waals surface area contributed by atoms with E-state index in [1.165, 1.54) is 0 Å². The first-order valence-corrected chi connectivity index (χ1v) is 6.60. The van der Waals surface area contributed by atoms with E-state index in [1.54, 1.807) is 0 Å². The Hall–Kier alpha value is -2.09. The predicted octanol–water partition coefficient (Wildman–Crippen LogP) is 3.99. The van der Waals surface area contributed by atoms with E-state index < -0.39 is 0 Å². The van der Waals surface area contributed by atoms with Crippen molar-refractivity contribution in [2.24, 2.45) is 5.92 Å². The van der Waals surface area contributed by atoms with E-state index in [-0.39, 0.29) is 5.91 Å². The molecule has 2 nitrogen and oxygen atoms in total. The van der Waals surface area contributed by atoms with Crippen molar-refractivity contribution in [1.29, 1.82) is 0 Å². The van der Waals surface area contributed by atoms with Crippen LogP contribution in [0.1, 0.15) is 24.2 Å². The highest BCUT2D eigenvalue weighted by Crippen LogP contribution is 2.18. The van der Waals surface area contributed by atoms with Crippen LogP contribution >= 0.6 is 0 Å². The summed E-state index contributed by atoms with van der Waals surface area (Å²) < 4.78 is 0. The molecule has 0 radical (unpaired) electrons. The minimum atomic E-state index is 0.0560. The molecule has 0 saturated heterocycles. The van der Waals surface area contributed by atoms with Gasteiger partial charge in [-0.05, 0) is 30.2 Å². The maximum Gasteiger partial charge on any atom is 0.258 e. The lowest BCUT2D eigenvalue weighted by molar-refractivity contribution is 0.0984. The molecule has 2 aromatic carbocycles. The van der Waals surface area contributed by atoms with Gasteiger partial charge in [0.05, 0.1) is 0 Å². The summed E-state index contributed by atoms with van der Waals surface area (Å²) in [6.45, 7) is 4.96. The molecule has 19 heavy (non-hydrogen) atoms. The Balaban J connectivity index is 2.31. The summed E-state index contributed by atoms with van der Waals surface area (Å²) in [7, 11) is 0. The van der Waals surface area contributed by atoms with Crippen LogP contribution in [0, 0.1) is 5.92 Å². The zero-order valence-corrected chi connectivity index (χ0v) is 11.4. The Morgan fingerprint density at radius 3 is 2.00 bits per heavy atom. The molecular weight excluding hydrogens is 234 g/mol. The summed E-state index contributed by atoms with van der Waals surface area (Å²) in [5, 5.41) is 0. The molecular formula is C17H19NO. The van der Waals surface area contributed by atoms with Crippen LogP contribution in [0.5, 0.6) is 0 Å². The van der Waals surface area contributed by atoms with Gasteiger partial charge in [-0.15, -0.1) is 0 Å². The summed E-state index contributed by atoms with van der Waals surface area (Å²) >= 11 is 0. The number of rotatable bonds is 4. The summed E-state index contributed by atoms with van der Waals surface area (Å²) in [6, 6.07) is 19.3. The van der Waals surface area contributed by atoms with Gasteiger partial charge in [-0.1, -0.05) is 50.2 Å². The average Bonchev–Trinajstić information content (AvgIpc) is 2.46. The normalized spacial score (nSPS) is 10.5. The molecule has 0 aliphatic heterocycles. The topological polar surface area (TPSA) is 20.3 Å². The lowest BCUT2D eigenvalue weighted by Crippen LogP contribution is -2.34. The van der Waals surface area contributed by atoms with E-state index in [4.69, 9.17) is 0 Å². The van der Waals surface area contributed by atoms with Crippen LogP contribution in [0.2, 0.25) is 0 Å². The molecule has 2 aromatic rings. The Morgan fingerprint density at radius 2 is 1.47 bits per heavy atom. The van der Waals surface area contributed by atoms with Gasteiger partial charge in [0.15, 0.2) is 0 Å². The second kappa shape index (κ2) is 6.19. The van der Waals surface area contributed by atoms with E-state index in [9.17, 15) is 4.79 Å². The Bertz CT molecular complexity index is 519. The molecule has 0 aliphatic rings. The van der Waals surface area contributed by atoms with Crippen LogP contribution < -0.4 is 4.90 Å². The summed E-state index contributed by atoms with van der Waals surface area (Å²) in [5.74, 6) is 0.480. The third kappa shape index (κ3) is 3.44. The van der Waals surface area contributed by atoms with Gasteiger partial charge in [-0.2, -0.15) is 0 Å². The van der Waals surface area contributed by atoms with E-state index in [0.29, 0.717) is 5.92 Å². The molecule has 0 aliphatic carbocycles. The fraction of sp³-hybridized carbons (Fsp3) is 0.235. The standard InChI is InChI=1S/C17H19NO/c1-14(2)13-18(16-11-7-4-8-12-16)17(19)15-9-5-3-6-10-15/h3-12,14H,13H2,1-2H3. The van der Waals surface area contributed by atoms with Gasteiger partial charge in [0.1, 0.15) is 0 Å². The first-order valence-electron chi connectivity index (χ1n) is 6.60. The molecule has 2 rings (SSSR count). The summed E-state index contributed by atoms with van der Waals surface area (Å²) in [6.07, 6.45) is 0. The number of carbonyl (C=O) groups is 1. The number of hydrogen-bond acceptors (Lipinski definition) is 1. The number of amides is 1.